The lowest BCUT2D eigenvalue weighted by Gasteiger charge is -2.07. The van der Waals surface area contributed by atoms with Crippen LogP contribution in [-0.2, 0) is 0 Å². The van der Waals surface area contributed by atoms with Crippen LogP contribution >= 0.6 is 0 Å². The van der Waals surface area contributed by atoms with E-state index in [9.17, 15) is 9.65 Å². The standard InChI is InChI=1S/C19H19FN2O2/c1-23-19-5-2-4-17(12-19)22-14-16(13-21)15-6-8-18(9-7-15)24-11-3-10-20/h2,4-9,12,14,22H,3,10-11H2,1H3. The average Bonchev–Trinajstić information content (AvgIpc) is 2.64. The fourth-order valence-electron chi connectivity index (χ4n) is 2.02. The van der Waals surface area contributed by atoms with E-state index >= 15 is 0 Å². The van der Waals surface area contributed by atoms with Crippen molar-refractivity contribution in [3.05, 3.63) is 60.3 Å². The normalized spacial score (nSPS) is 10.8. The number of nitrogens with one attached hydrogen (secondary N) is 1. The number of halogens is 1. The van der Waals surface area contributed by atoms with Gasteiger partial charge in [0.2, 0.25) is 0 Å². The molecule has 0 fully saturated rings. The topological polar surface area (TPSA) is 54.3 Å². The second-order valence-corrected chi connectivity index (χ2v) is 4.96. The van der Waals surface area contributed by atoms with Crippen LogP contribution in [0, 0.1) is 11.3 Å². The molecule has 24 heavy (non-hydrogen) atoms. The van der Waals surface area contributed by atoms with Crippen LogP contribution in [0.3, 0.4) is 0 Å². The number of nitrogens with zero attached hydrogens (tertiary/aromatic N) is 1. The number of methoxy groups -OCH3 is 1. The van der Waals surface area contributed by atoms with Gasteiger partial charge in [-0.2, -0.15) is 5.26 Å². The van der Waals surface area contributed by atoms with Crippen molar-refractivity contribution in [3.8, 4) is 17.6 Å². The molecule has 0 aliphatic rings. The van der Waals surface area contributed by atoms with Crippen LogP contribution in [0.25, 0.3) is 5.57 Å². The molecule has 0 amide bonds. The molecule has 0 atom stereocenters. The zero-order chi connectivity index (χ0) is 17.2. The summed E-state index contributed by atoms with van der Waals surface area (Å²) in [4.78, 5) is 0. The number of hydrogen-bond donors (Lipinski definition) is 1. The lowest BCUT2D eigenvalue weighted by Crippen LogP contribution is -1.98. The SMILES string of the molecule is COc1cccc(NC=C(C#N)c2ccc(OCCCF)cc2)c1. The van der Waals surface area contributed by atoms with Gasteiger partial charge in [-0.1, -0.05) is 6.07 Å². The molecule has 0 radical (unpaired) electrons. The quantitative estimate of drug-likeness (QED) is 0.577. The molecule has 0 saturated heterocycles. The molecule has 0 bridgehead atoms. The highest BCUT2D eigenvalue weighted by molar-refractivity contribution is 5.78. The van der Waals surface area contributed by atoms with Crippen molar-refractivity contribution in [3.63, 3.8) is 0 Å². The van der Waals surface area contributed by atoms with Crippen LogP contribution in [-0.4, -0.2) is 20.4 Å². The summed E-state index contributed by atoms with van der Waals surface area (Å²) in [6.45, 7) is -0.0521. The Bertz CT molecular complexity index is 721. The third-order valence-electron chi connectivity index (χ3n) is 3.29. The predicted molar refractivity (Wildman–Crippen MR) is 92.7 cm³/mol. The smallest absolute Gasteiger partial charge is 0.120 e. The molecule has 0 aromatic heterocycles. The largest absolute Gasteiger partial charge is 0.497 e. The van der Waals surface area contributed by atoms with Crippen LogP contribution in [0.15, 0.2) is 54.7 Å². The van der Waals surface area contributed by atoms with Gasteiger partial charge >= 0.3 is 0 Å². The summed E-state index contributed by atoms with van der Waals surface area (Å²) < 4.78 is 22.6. The number of hydrogen-bond acceptors (Lipinski definition) is 4. The number of allylic oxidation sites excluding steroid dienone is 1. The molecule has 2 aromatic carbocycles. The number of alkyl halides is 1. The average molecular weight is 326 g/mol. The highest BCUT2D eigenvalue weighted by Gasteiger charge is 2.02. The minimum Gasteiger partial charge on any atom is -0.497 e. The van der Waals surface area contributed by atoms with Crippen molar-refractivity contribution < 1.29 is 13.9 Å². The summed E-state index contributed by atoms with van der Waals surface area (Å²) in [5.41, 5.74) is 2.09. The van der Waals surface area contributed by atoms with Crippen molar-refractivity contribution >= 4 is 11.3 Å². The summed E-state index contributed by atoms with van der Waals surface area (Å²) in [5, 5.41) is 12.4. The molecule has 0 spiro atoms. The van der Waals surface area contributed by atoms with E-state index in [1.165, 1.54) is 0 Å². The lowest BCUT2D eigenvalue weighted by atomic mass is 10.1. The molecule has 2 rings (SSSR count). The first kappa shape index (κ1) is 17.4. The van der Waals surface area contributed by atoms with Crippen LogP contribution in [0.1, 0.15) is 12.0 Å². The molecule has 1 N–H and O–H groups in total. The van der Waals surface area contributed by atoms with E-state index in [1.807, 2.05) is 24.3 Å². The van der Waals surface area contributed by atoms with Gasteiger partial charge in [0.25, 0.3) is 0 Å². The van der Waals surface area contributed by atoms with Crippen LogP contribution in [0.5, 0.6) is 11.5 Å². The Balaban J connectivity index is 2.05. The number of nitriles is 1. The van der Waals surface area contributed by atoms with Crippen LogP contribution in [0.4, 0.5) is 10.1 Å². The first-order valence-electron chi connectivity index (χ1n) is 7.57. The fourth-order valence-corrected chi connectivity index (χ4v) is 2.02. The summed E-state index contributed by atoms with van der Waals surface area (Å²) in [7, 11) is 1.60. The number of ether oxygens (including phenoxy) is 2. The van der Waals surface area contributed by atoms with Gasteiger partial charge in [0, 0.05) is 24.4 Å². The van der Waals surface area contributed by atoms with Crippen LogP contribution < -0.4 is 14.8 Å². The summed E-state index contributed by atoms with van der Waals surface area (Å²) in [5.74, 6) is 1.40. The zero-order valence-corrected chi connectivity index (χ0v) is 13.5. The minimum absolute atomic E-state index is 0.341. The first-order valence-corrected chi connectivity index (χ1v) is 7.57. The minimum atomic E-state index is -0.394. The van der Waals surface area contributed by atoms with E-state index in [2.05, 4.69) is 11.4 Å². The van der Waals surface area contributed by atoms with Gasteiger partial charge in [-0.15, -0.1) is 0 Å². The Kier molecular flexibility index (Phi) is 6.66. The Morgan fingerprint density at radius 1 is 1.21 bits per heavy atom. The van der Waals surface area contributed by atoms with E-state index in [4.69, 9.17) is 9.47 Å². The number of rotatable bonds is 8. The van der Waals surface area contributed by atoms with Crippen molar-refractivity contribution in [1.29, 1.82) is 5.26 Å². The Labute approximate surface area is 141 Å². The number of benzene rings is 2. The summed E-state index contributed by atoms with van der Waals surface area (Å²) in [6.07, 6.45) is 2.02. The predicted octanol–water partition coefficient (Wildman–Crippen LogP) is 4.41. The maximum Gasteiger partial charge on any atom is 0.120 e. The van der Waals surface area contributed by atoms with Gasteiger partial charge in [0.05, 0.1) is 26.0 Å². The van der Waals surface area contributed by atoms with E-state index in [0.717, 1.165) is 17.0 Å². The maximum atomic E-state index is 12.0. The lowest BCUT2D eigenvalue weighted by molar-refractivity contribution is 0.289. The third kappa shape index (κ3) is 5.03. The molecular formula is C19H19FN2O2. The van der Waals surface area contributed by atoms with Gasteiger partial charge in [-0.3, -0.25) is 4.39 Å². The molecule has 0 heterocycles. The van der Waals surface area contributed by atoms with E-state index in [-0.39, 0.29) is 0 Å². The van der Waals surface area contributed by atoms with Gasteiger partial charge in [-0.05, 0) is 42.0 Å². The molecule has 2 aromatic rings. The summed E-state index contributed by atoms with van der Waals surface area (Å²) in [6, 6.07) is 16.7. The first-order chi connectivity index (χ1) is 11.8. The van der Waals surface area contributed by atoms with Crippen LogP contribution in [0.2, 0.25) is 0 Å². The van der Waals surface area contributed by atoms with E-state index in [0.29, 0.717) is 24.4 Å². The molecule has 0 aliphatic carbocycles. The summed E-state index contributed by atoms with van der Waals surface area (Å²) >= 11 is 0. The van der Waals surface area contributed by atoms with Crippen molar-refractivity contribution in [2.24, 2.45) is 0 Å². The molecule has 0 aliphatic heterocycles. The fraction of sp³-hybridized carbons (Fsp3) is 0.211. The van der Waals surface area contributed by atoms with Gasteiger partial charge in [0.1, 0.15) is 17.6 Å². The van der Waals surface area contributed by atoms with E-state index in [1.54, 1.807) is 37.6 Å². The van der Waals surface area contributed by atoms with E-state index < -0.39 is 6.67 Å². The molecule has 124 valence electrons. The second-order valence-electron chi connectivity index (χ2n) is 4.96. The van der Waals surface area contributed by atoms with Crippen molar-refractivity contribution in [2.45, 2.75) is 6.42 Å². The van der Waals surface area contributed by atoms with Gasteiger partial charge in [0.15, 0.2) is 0 Å². The Morgan fingerprint density at radius 2 is 2.00 bits per heavy atom. The highest BCUT2D eigenvalue weighted by atomic mass is 19.1. The Hall–Kier alpha value is -3.00. The molecule has 0 saturated carbocycles. The zero-order valence-electron chi connectivity index (χ0n) is 13.5. The molecular weight excluding hydrogens is 307 g/mol. The maximum absolute atomic E-state index is 12.0. The van der Waals surface area contributed by atoms with Gasteiger partial charge in [-0.25, -0.2) is 0 Å². The Morgan fingerprint density at radius 3 is 2.67 bits per heavy atom. The third-order valence-corrected chi connectivity index (χ3v) is 3.29. The number of anilines is 1. The van der Waals surface area contributed by atoms with Crippen molar-refractivity contribution in [2.75, 3.05) is 25.7 Å². The molecule has 0 unspecified atom stereocenters. The monoisotopic (exact) mass is 326 g/mol. The molecule has 4 nitrogen and oxygen atoms in total. The highest BCUT2D eigenvalue weighted by Crippen LogP contribution is 2.21. The van der Waals surface area contributed by atoms with Gasteiger partial charge < -0.3 is 14.8 Å². The molecule has 5 heteroatoms. The second kappa shape index (κ2) is 9.21. The van der Waals surface area contributed by atoms with Crippen molar-refractivity contribution in [1.82, 2.24) is 0 Å².